The molecule has 2 bridgehead atoms. The molecule has 0 radical (unpaired) electrons. The summed E-state index contributed by atoms with van der Waals surface area (Å²) in [6, 6.07) is 6.13. The number of benzene rings is 1. The first-order chi connectivity index (χ1) is 15.3. The lowest BCUT2D eigenvalue weighted by atomic mass is 9.71. The molecule has 8 nitrogen and oxygen atoms in total. The fourth-order valence-corrected chi connectivity index (χ4v) is 9.00. The van der Waals surface area contributed by atoms with Crippen LogP contribution in [0.1, 0.15) is 6.42 Å². The van der Waals surface area contributed by atoms with Gasteiger partial charge < -0.3 is 24.7 Å². The SMILES string of the molecule is C=CCN(C(=O)C1N(CCO)C(=O)[C@@H]2[C@H](C(=O)O)[C@H]3SC12CC3Br)c1ccc(OC)cc1. The molecule has 3 saturated heterocycles. The molecule has 1 aromatic carbocycles. The first-order valence-corrected chi connectivity index (χ1v) is 12.1. The van der Waals surface area contributed by atoms with Crippen LogP contribution in [-0.4, -0.2) is 80.6 Å². The van der Waals surface area contributed by atoms with Crippen molar-refractivity contribution in [2.45, 2.75) is 27.3 Å². The van der Waals surface area contributed by atoms with E-state index in [-0.39, 0.29) is 41.6 Å². The second-order valence-corrected chi connectivity index (χ2v) is 10.9. The van der Waals surface area contributed by atoms with Crippen molar-refractivity contribution in [1.82, 2.24) is 4.90 Å². The lowest BCUT2D eigenvalue weighted by Crippen LogP contribution is -2.56. The van der Waals surface area contributed by atoms with Crippen molar-refractivity contribution in [3.63, 3.8) is 0 Å². The summed E-state index contributed by atoms with van der Waals surface area (Å²) in [5.41, 5.74) is 0.620. The number of carbonyl (C=O) groups is 3. The van der Waals surface area contributed by atoms with Gasteiger partial charge in [-0.2, -0.15) is 0 Å². The number of aliphatic carboxylic acids is 1. The minimum atomic E-state index is -1.03. The Hall–Kier alpha value is -2.04. The largest absolute Gasteiger partial charge is 0.497 e. The quantitative estimate of drug-likeness (QED) is 0.394. The van der Waals surface area contributed by atoms with Crippen LogP contribution < -0.4 is 9.64 Å². The van der Waals surface area contributed by atoms with Crippen LogP contribution in [0.25, 0.3) is 0 Å². The molecule has 2 amide bonds. The van der Waals surface area contributed by atoms with Crippen LogP contribution in [0.15, 0.2) is 36.9 Å². The highest BCUT2D eigenvalue weighted by atomic mass is 79.9. The maximum absolute atomic E-state index is 14.0. The van der Waals surface area contributed by atoms with Gasteiger partial charge in [-0.05, 0) is 30.7 Å². The number of carboxylic acid groups (broad SMARTS) is 1. The number of fused-ring (bicyclic) bond motifs is 1. The number of thioether (sulfide) groups is 1. The Morgan fingerprint density at radius 3 is 2.66 bits per heavy atom. The van der Waals surface area contributed by atoms with E-state index in [1.165, 1.54) is 16.7 Å². The Bertz CT molecular complexity index is 943. The number of amides is 2. The Labute approximate surface area is 198 Å². The van der Waals surface area contributed by atoms with E-state index in [0.29, 0.717) is 17.9 Å². The van der Waals surface area contributed by atoms with E-state index in [0.717, 1.165) is 0 Å². The second kappa shape index (κ2) is 8.72. The number of methoxy groups -OCH3 is 1. The molecule has 6 atom stereocenters. The predicted molar refractivity (Wildman–Crippen MR) is 124 cm³/mol. The highest BCUT2D eigenvalue weighted by Gasteiger charge is 2.76. The van der Waals surface area contributed by atoms with Gasteiger partial charge in [-0.25, -0.2) is 0 Å². The van der Waals surface area contributed by atoms with Gasteiger partial charge in [0.05, 0.1) is 30.3 Å². The molecule has 0 aliphatic carbocycles. The van der Waals surface area contributed by atoms with E-state index in [4.69, 9.17) is 4.74 Å². The third kappa shape index (κ3) is 3.34. The zero-order chi connectivity index (χ0) is 23.2. The van der Waals surface area contributed by atoms with Crippen LogP contribution in [0.5, 0.6) is 5.75 Å². The fourth-order valence-electron chi connectivity index (χ4n) is 5.40. The minimum Gasteiger partial charge on any atom is -0.497 e. The Balaban J connectivity index is 1.78. The standard InChI is InChI=1S/C22H25BrN2O6S/c1-3-8-24(12-4-6-13(31-2)7-5-12)20(28)18-22-11-14(23)17(32-22)15(21(29)30)16(22)19(27)25(18)9-10-26/h3-7,14-18,26H,1,8-11H2,2H3,(H,29,30)/t14?,15-,16-,17-,18?,22?/m0/s1. The van der Waals surface area contributed by atoms with Crippen LogP contribution >= 0.6 is 27.7 Å². The molecule has 3 aliphatic heterocycles. The van der Waals surface area contributed by atoms with Crippen LogP contribution in [0, 0.1) is 11.8 Å². The number of carbonyl (C=O) groups excluding carboxylic acids is 2. The molecular weight excluding hydrogens is 500 g/mol. The van der Waals surface area contributed by atoms with Gasteiger partial charge in [0, 0.05) is 28.9 Å². The minimum absolute atomic E-state index is 0.0252. The van der Waals surface area contributed by atoms with Crippen LogP contribution in [0.4, 0.5) is 5.69 Å². The van der Waals surface area contributed by atoms with E-state index in [1.807, 2.05) is 0 Å². The lowest BCUT2D eigenvalue weighted by Gasteiger charge is -2.37. The molecule has 1 aromatic rings. The number of anilines is 1. The zero-order valence-corrected chi connectivity index (χ0v) is 19.9. The lowest BCUT2D eigenvalue weighted by molar-refractivity contribution is -0.148. The van der Waals surface area contributed by atoms with Crippen molar-refractivity contribution in [2.24, 2.45) is 11.8 Å². The number of carboxylic acids is 1. The second-order valence-electron chi connectivity index (χ2n) is 8.19. The Morgan fingerprint density at radius 1 is 1.41 bits per heavy atom. The number of hydrogen-bond acceptors (Lipinski definition) is 6. The van der Waals surface area contributed by atoms with E-state index in [2.05, 4.69) is 22.5 Å². The van der Waals surface area contributed by atoms with Crippen molar-refractivity contribution in [3.05, 3.63) is 36.9 Å². The number of β-amino-alcohol motifs (C(OH)–C–C–N with tert-alkyl or cyclic N) is 1. The molecule has 172 valence electrons. The maximum atomic E-state index is 14.0. The van der Waals surface area contributed by atoms with E-state index < -0.39 is 28.6 Å². The Kier molecular flexibility index (Phi) is 6.30. The topological polar surface area (TPSA) is 107 Å². The van der Waals surface area contributed by atoms with Crippen LogP contribution in [0.2, 0.25) is 0 Å². The monoisotopic (exact) mass is 524 g/mol. The summed E-state index contributed by atoms with van der Waals surface area (Å²) < 4.78 is 4.34. The number of ether oxygens (including phenoxy) is 1. The maximum Gasteiger partial charge on any atom is 0.308 e. The van der Waals surface area contributed by atoms with Gasteiger partial charge in [-0.15, -0.1) is 18.3 Å². The molecule has 0 saturated carbocycles. The average Bonchev–Trinajstić information content (AvgIpc) is 3.36. The highest BCUT2D eigenvalue weighted by molar-refractivity contribution is 9.09. The summed E-state index contributed by atoms with van der Waals surface area (Å²) in [5, 5.41) is 19.2. The molecule has 3 aliphatic rings. The van der Waals surface area contributed by atoms with Crippen molar-refractivity contribution >= 4 is 51.2 Å². The third-order valence-electron chi connectivity index (χ3n) is 6.61. The van der Waals surface area contributed by atoms with Gasteiger partial charge in [0.1, 0.15) is 11.8 Å². The van der Waals surface area contributed by atoms with Crippen molar-refractivity contribution in [3.8, 4) is 5.75 Å². The molecule has 1 spiro atoms. The molecule has 2 N–H and O–H groups in total. The molecule has 3 fully saturated rings. The first kappa shape index (κ1) is 23.1. The first-order valence-electron chi connectivity index (χ1n) is 10.3. The van der Waals surface area contributed by atoms with E-state index in [9.17, 15) is 24.6 Å². The normalized spacial score (nSPS) is 32.7. The molecule has 4 rings (SSSR count). The van der Waals surface area contributed by atoms with Gasteiger partial charge in [0.15, 0.2) is 0 Å². The van der Waals surface area contributed by atoms with Gasteiger partial charge in [-0.3, -0.25) is 14.4 Å². The number of halogens is 1. The predicted octanol–water partition coefficient (Wildman–Crippen LogP) is 1.76. The smallest absolute Gasteiger partial charge is 0.308 e. The van der Waals surface area contributed by atoms with Gasteiger partial charge in [0.25, 0.3) is 5.91 Å². The molecule has 3 heterocycles. The van der Waals surface area contributed by atoms with E-state index in [1.54, 1.807) is 42.4 Å². The average molecular weight is 525 g/mol. The molecular formula is C22H25BrN2O6S. The summed E-state index contributed by atoms with van der Waals surface area (Å²) in [6.45, 7) is 3.65. The number of aliphatic hydroxyl groups excluding tert-OH is 1. The molecule has 10 heteroatoms. The molecule has 3 unspecified atom stereocenters. The number of hydrogen-bond donors (Lipinski definition) is 2. The number of aliphatic hydroxyl groups is 1. The number of rotatable bonds is 8. The Morgan fingerprint density at radius 2 is 2.09 bits per heavy atom. The van der Waals surface area contributed by atoms with Gasteiger partial charge in [-0.1, -0.05) is 22.0 Å². The number of likely N-dealkylation sites (tertiary alicyclic amines) is 1. The summed E-state index contributed by atoms with van der Waals surface area (Å²) in [7, 11) is 1.56. The number of nitrogens with zero attached hydrogens (tertiary/aromatic N) is 2. The highest BCUT2D eigenvalue weighted by Crippen LogP contribution is 2.67. The molecule has 0 aromatic heterocycles. The van der Waals surface area contributed by atoms with Crippen LogP contribution in [-0.2, 0) is 14.4 Å². The van der Waals surface area contributed by atoms with Crippen molar-refractivity contribution < 1.29 is 29.3 Å². The fraction of sp³-hybridized carbons (Fsp3) is 0.500. The third-order valence-corrected chi connectivity index (χ3v) is 9.83. The zero-order valence-electron chi connectivity index (χ0n) is 17.5. The van der Waals surface area contributed by atoms with E-state index >= 15 is 0 Å². The van der Waals surface area contributed by atoms with Crippen LogP contribution in [0.3, 0.4) is 0 Å². The molecule has 32 heavy (non-hydrogen) atoms. The van der Waals surface area contributed by atoms with Gasteiger partial charge in [0.2, 0.25) is 5.91 Å². The summed E-state index contributed by atoms with van der Waals surface area (Å²) in [5.74, 6) is -2.73. The summed E-state index contributed by atoms with van der Waals surface area (Å²) >= 11 is 5.04. The van der Waals surface area contributed by atoms with Gasteiger partial charge >= 0.3 is 5.97 Å². The summed E-state index contributed by atoms with van der Waals surface area (Å²) in [4.78, 5) is 42.4. The van der Waals surface area contributed by atoms with Crippen molar-refractivity contribution in [2.75, 3.05) is 31.7 Å². The van der Waals surface area contributed by atoms with Crippen molar-refractivity contribution in [1.29, 1.82) is 0 Å². The number of alkyl halides is 1. The summed E-state index contributed by atoms with van der Waals surface area (Å²) in [6.07, 6.45) is 2.11.